The van der Waals surface area contributed by atoms with Crippen LogP contribution in [0, 0.1) is 68.2 Å². The van der Waals surface area contributed by atoms with Gasteiger partial charge in [0.05, 0.1) is 55.3 Å². The number of benzene rings is 6. The van der Waals surface area contributed by atoms with E-state index in [9.17, 15) is 14.4 Å². The zero-order valence-electron chi connectivity index (χ0n) is 67.8. The second-order valence-electron chi connectivity index (χ2n) is 31.0. The molecule has 121 heavy (non-hydrogen) atoms. The SMILES string of the molecule is Cc1sc2c(c1C)C(c1ccc(Cl)cc1)=N[C@@H](CC(=O)Nc1ccc3c(c1)CC1CON=C31)c1nnc(C)n1-2.Cc1sc2c(c1C)C(c1ccc(Cl)cc1)=N[C@@H](CC(=O)Nc1ccc3c(c1)CO/C3=N\OC(C)C)c1nnc(C)n1-2.Cc1sc2c(c1C)C(c1ccc(Cl)cc1)=N[C@@H](CC(=O)Nc1ccc3c(c1)COC3=NC1COC1)c1nnc(C)n1-2. The van der Waals surface area contributed by atoms with Crippen LogP contribution in [0.15, 0.2) is 158 Å². The monoisotopic (exact) mass is 1730 g/mol. The smallest absolute Gasteiger partial charge is 0.258 e. The van der Waals surface area contributed by atoms with Crippen molar-refractivity contribution in [3.05, 3.63) is 275 Å². The maximum atomic E-state index is 13.5. The molecule has 1 aliphatic carbocycles. The van der Waals surface area contributed by atoms with E-state index in [0.717, 1.165) is 145 Å². The maximum absolute atomic E-state index is 13.5. The molecule has 6 aromatic carbocycles. The molecule has 1 saturated heterocycles. The fourth-order valence-electron chi connectivity index (χ4n) is 15.9. The number of amides is 3. The first-order valence-corrected chi connectivity index (χ1v) is 43.2. The third kappa shape index (κ3) is 15.7. The molecule has 8 aliphatic rings. The minimum Gasteiger partial charge on any atom is -0.473 e. The number of hydrogen-bond acceptors (Lipinski definition) is 23. The van der Waals surface area contributed by atoms with Crippen LogP contribution in [0.25, 0.3) is 15.0 Å². The Balaban J connectivity index is 0.000000124. The van der Waals surface area contributed by atoms with Crippen LogP contribution < -0.4 is 16.0 Å². The number of aliphatic imine (C=N–C) groups is 4. The lowest BCUT2D eigenvalue weighted by Crippen LogP contribution is -2.32. The molecule has 13 heterocycles. The third-order valence-electron chi connectivity index (χ3n) is 22.4. The molecule has 0 spiro atoms. The normalized spacial score (nSPS) is 17.9. The summed E-state index contributed by atoms with van der Waals surface area (Å²) in [6.45, 7) is 24.9. The van der Waals surface area contributed by atoms with Gasteiger partial charge in [0.25, 0.3) is 5.90 Å². The number of nitrogens with one attached hydrogen (secondary N) is 3. The Kier molecular flexibility index (Phi) is 21.9. The summed E-state index contributed by atoms with van der Waals surface area (Å²) >= 11 is 23.7. The van der Waals surface area contributed by atoms with Crippen LogP contribution in [0.2, 0.25) is 15.1 Å². The minimum absolute atomic E-state index is 0.0472. The summed E-state index contributed by atoms with van der Waals surface area (Å²) in [4.78, 5) is 74.7. The molecule has 3 N–H and O–H groups in total. The topological polar surface area (TPSA) is 300 Å². The summed E-state index contributed by atoms with van der Waals surface area (Å²) in [5, 5.41) is 49.1. The van der Waals surface area contributed by atoms with E-state index in [4.69, 9.17) is 73.7 Å². The van der Waals surface area contributed by atoms with Crippen molar-refractivity contribution >= 4 is 138 Å². The highest BCUT2D eigenvalue weighted by atomic mass is 35.5. The number of aromatic nitrogens is 9. The average molecular weight is 1730 g/mol. The van der Waals surface area contributed by atoms with Gasteiger partial charge in [-0.05, 0) is 195 Å². The summed E-state index contributed by atoms with van der Waals surface area (Å²) in [6.07, 6.45) is 1.14. The molecule has 3 amide bonds. The molecule has 614 valence electrons. The van der Waals surface area contributed by atoms with E-state index in [1.54, 1.807) is 34.0 Å². The van der Waals surface area contributed by atoms with E-state index >= 15 is 0 Å². The van der Waals surface area contributed by atoms with Crippen molar-refractivity contribution in [2.24, 2.45) is 36.2 Å². The first kappa shape index (κ1) is 80.4. The lowest BCUT2D eigenvalue weighted by atomic mass is 9.99. The highest BCUT2D eigenvalue weighted by Crippen LogP contribution is 2.45. The molecule has 1 fully saturated rings. The summed E-state index contributed by atoms with van der Waals surface area (Å²) in [7, 11) is 0. The maximum Gasteiger partial charge on any atom is 0.258 e. The highest BCUT2D eigenvalue weighted by molar-refractivity contribution is 7.16. The van der Waals surface area contributed by atoms with Gasteiger partial charge < -0.3 is 39.8 Å². The number of rotatable bonds is 15. The van der Waals surface area contributed by atoms with Crippen molar-refractivity contribution in [1.82, 2.24) is 44.3 Å². The van der Waals surface area contributed by atoms with Crippen LogP contribution in [-0.2, 0) is 57.9 Å². The summed E-state index contributed by atoms with van der Waals surface area (Å²) in [6, 6.07) is 38.9. The molecule has 6 aromatic heterocycles. The van der Waals surface area contributed by atoms with Gasteiger partial charge in [0, 0.05) is 114 Å². The number of anilines is 3. The second-order valence-corrected chi connectivity index (χ2v) is 35.9. The summed E-state index contributed by atoms with van der Waals surface area (Å²) in [5.41, 5.74) is 21.0. The number of nitrogens with zero attached hydrogens (tertiary/aromatic N) is 15. The average Bonchev–Trinajstić information content (AvgIpc) is 1.62. The van der Waals surface area contributed by atoms with E-state index in [1.807, 2.05) is 171 Å². The predicted octanol–water partition coefficient (Wildman–Crippen LogP) is 17.7. The third-order valence-corrected chi connectivity index (χ3v) is 26.7. The van der Waals surface area contributed by atoms with Crippen molar-refractivity contribution in [2.45, 2.75) is 145 Å². The minimum atomic E-state index is -0.550. The number of thiophene rings is 3. The second kappa shape index (κ2) is 33.0. The van der Waals surface area contributed by atoms with Crippen molar-refractivity contribution in [3.8, 4) is 15.0 Å². The largest absolute Gasteiger partial charge is 0.473 e. The molecule has 4 atom stereocenters. The first-order chi connectivity index (χ1) is 58.4. The quantitative estimate of drug-likeness (QED) is 0.0804. The molecular weight excluding hydrogens is 1650 g/mol. The Morgan fingerprint density at radius 3 is 1.23 bits per heavy atom. The Bertz CT molecular complexity index is 6400. The van der Waals surface area contributed by atoms with Crippen molar-refractivity contribution in [2.75, 3.05) is 35.8 Å². The highest BCUT2D eigenvalue weighted by Gasteiger charge is 2.39. The number of oxime groups is 2. The molecule has 12 aromatic rings. The number of aryl methyl sites for hydroxylation is 6. The van der Waals surface area contributed by atoms with E-state index in [1.165, 1.54) is 20.2 Å². The lowest BCUT2D eigenvalue weighted by molar-refractivity contribution is -0.117. The van der Waals surface area contributed by atoms with Gasteiger partial charge in [-0.25, -0.2) is 4.99 Å². The van der Waals surface area contributed by atoms with Crippen LogP contribution in [0.5, 0.6) is 0 Å². The van der Waals surface area contributed by atoms with E-state index in [-0.39, 0.29) is 49.1 Å². The molecule has 0 radical (unpaired) electrons. The number of fused-ring (bicyclic) bond motifs is 14. The predicted molar refractivity (Wildman–Crippen MR) is 472 cm³/mol. The molecule has 20 rings (SSSR count). The van der Waals surface area contributed by atoms with Crippen molar-refractivity contribution in [1.29, 1.82) is 0 Å². The van der Waals surface area contributed by atoms with Crippen LogP contribution in [0.3, 0.4) is 0 Å². The lowest BCUT2D eigenvalue weighted by Gasteiger charge is -2.22. The van der Waals surface area contributed by atoms with Crippen molar-refractivity contribution in [3.63, 3.8) is 0 Å². The van der Waals surface area contributed by atoms with Gasteiger partial charge in [-0.3, -0.25) is 43.1 Å². The number of ether oxygens (including phenoxy) is 3. The van der Waals surface area contributed by atoms with Gasteiger partial charge in [0.15, 0.2) is 17.5 Å². The molecule has 26 nitrogen and oxygen atoms in total. The molecule has 32 heteroatoms. The van der Waals surface area contributed by atoms with Crippen LogP contribution >= 0.6 is 68.8 Å². The van der Waals surface area contributed by atoms with Gasteiger partial charge in [0.2, 0.25) is 23.6 Å². The molecule has 7 aliphatic heterocycles. The molecule has 0 saturated carbocycles. The number of carbonyl (C=O) groups excluding carboxylic acids is 3. The van der Waals surface area contributed by atoms with Crippen molar-refractivity contribution < 1.29 is 38.3 Å². The van der Waals surface area contributed by atoms with Gasteiger partial charge in [0.1, 0.15) is 82.6 Å². The van der Waals surface area contributed by atoms with Gasteiger partial charge >= 0.3 is 0 Å². The fraction of sp³-hybridized carbons (Fsp3) is 0.292. The standard InChI is InChI=1S/C30H27ClN6O3S.C30H29ClN6O3S.C29H25ClN6O2S/c1-15-16(2)41-30-26(15)27(18-4-6-20(31)7-5-18)34-24(28-36-35-17(3)37(28)30)11-25(38)32-21-8-9-23-19(10-21)12-40-29(23)33-22-13-39-14-22;1-15(2)40-36-29-23-11-10-22(12-20(23)14-39-29)32-25(38)13-24-28-35-34-18(5)37(28)30-26(16(3)17(4)41-30)27(33-24)19-6-8-21(31)9-7-19;1-14-15(2)39-29-25(14)27(17-4-6-20(30)7-5-17)32-23(28-34-33-16(3)36(28)29)12-24(37)31-21-8-9-22-18(11-21)10-19-13-38-35-26(19)22/h4-10,22,24H,11-14H2,1-3H3,(H,32,38);6-12,15,24H,13-14H2,1-5H3,(H,32,38);4-9,11,19,23H,10,12-13H2,1-3H3,(H,31,37)/b;36-29-;/t2*24-;19?,23-/m000/s1. The van der Waals surface area contributed by atoms with Gasteiger partial charge in [-0.15, -0.1) is 64.6 Å². The van der Waals surface area contributed by atoms with E-state index < -0.39 is 18.1 Å². The van der Waals surface area contributed by atoms with Crippen LogP contribution in [-0.4, -0.2) is 129 Å². The number of hydrogen-bond donors (Lipinski definition) is 3. The Labute approximate surface area is 723 Å². The Morgan fingerprint density at radius 1 is 0.479 bits per heavy atom. The summed E-state index contributed by atoms with van der Waals surface area (Å²) in [5.74, 6) is 5.12. The number of carbonyl (C=O) groups is 3. The Morgan fingerprint density at radius 2 is 0.851 bits per heavy atom. The molecular formula is C89H81Cl3N18O8S3. The molecule has 0 bridgehead atoms. The molecule has 1 unspecified atom stereocenters. The fourth-order valence-corrected chi connectivity index (χ4v) is 20.0. The van der Waals surface area contributed by atoms with E-state index in [0.29, 0.717) is 94.7 Å². The summed E-state index contributed by atoms with van der Waals surface area (Å²) < 4.78 is 22.8. The number of halogens is 3. The van der Waals surface area contributed by atoms with Crippen LogP contribution in [0.1, 0.15) is 184 Å². The van der Waals surface area contributed by atoms with Gasteiger partial charge in [-0.2, -0.15) is 0 Å². The van der Waals surface area contributed by atoms with Gasteiger partial charge in [-0.1, -0.05) is 82.4 Å². The zero-order valence-corrected chi connectivity index (χ0v) is 72.5. The first-order valence-electron chi connectivity index (χ1n) is 39.7. The Hall–Kier alpha value is -11.7. The van der Waals surface area contributed by atoms with Crippen LogP contribution in [0.4, 0.5) is 17.1 Å². The zero-order chi connectivity index (χ0) is 83.9. The van der Waals surface area contributed by atoms with E-state index in [2.05, 4.69) is 108 Å².